The predicted octanol–water partition coefficient (Wildman–Crippen LogP) is 2.32. The zero-order valence-corrected chi connectivity index (χ0v) is 16.5. The first-order valence-electron chi connectivity index (χ1n) is 9.38. The molecule has 4 rings (SSSR count). The average Bonchev–Trinajstić information content (AvgIpc) is 3.01. The smallest absolute Gasteiger partial charge is 0.312 e. The van der Waals surface area contributed by atoms with Crippen LogP contribution < -0.4 is 16.1 Å². The summed E-state index contributed by atoms with van der Waals surface area (Å²) in [5.41, 5.74) is 3.89. The second-order valence-corrected chi connectivity index (χ2v) is 7.57. The number of hydrogen-bond donors (Lipinski definition) is 0. The van der Waals surface area contributed by atoms with Crippen LogP contribution in [0.4, 0.5) is 11.6 Å². The summed E-state index contributed by atoms with van der Waals surface area (Å²) in [6.45, 7) is 10.1. The first-order chi connectivity index (χ1) is 12.8. The van der Waals surface area contributed by atoms with Gasteiger partial charge in [0.05, 0.1) is 0 Å². The summed E-state index contributed by atoms with van der Waals surface area (Å²) in [4.78, 5) is 32.4. The number of benzene rings is 1. The minimum absolute atomic E-state index is 0.261. The SMILES string of the molecule is CCn1c(=O)c2c(nc3n2C[C@H](C)CN3c2ccc(C)c(C)c2)n(C)c1=O. The highest BCUT2D eigenvalue weighted by Crippen LogP contribution is 2.33. The molecule has 2 aromatic heterocycles. The van der Waals surface area contributed by atoms with Crippen molar-refractivity contribution in [1.82, 2.24) is 18.7 Å². The van der Waals surface area contributed by atoms with Crippen molar-refractivity contribution in [1.29, 1.82) is 0 Å². The van der Waals surface area contributed by atoms with Gasteiger partial charge in [-0.15, -0.1) is 0 Å². The summed E-state index contributed by atoms with van der Waals surface area (Å²) < 4.78 is 4.73. The Morgan fingerprint density at radius 3 is 2.56 bits per heavy atom. The first-order valence-corrected chi connectivity index (χ1v) is 9.38. The van der Waals surface area contributed by atoms with Gasteiger partial charge >= 0.3 is 5.69 Å². The van der Waals surface area contributed by atoms with Gasteiger partial charge in [0, 0.05) is 32.4 Å². The van der Waals surface area contributed by atoms with Crippen LogP contribution in [0.2, 0.25) is 0 Å². The number of fused-ring (bicyclic) bond motifs is 3. The van der Waals surface area contributed by atoms with Gasteiger partial charge in [-0.1, -0.05) is 13.0 Å². The molecule has 7 heteroatoms. The molecule has 0 unspecified atom stereocenters. The number of rotatable bonds is 2. The van der Waals surface area contributed by atoms with Gasteiger partial charge in [-0.25, -0.2) is 4.79 Å². The second kappa shape index (κ2) is 6.11. The van der Waals surface area contributed by atoms with E-state index in [0.717, 1.165) is 18.2 Å². The van der Waals surface area contributed by atoms with E-state index in [-0.39, 0.29) is 11.2 Å². The van der Waals surface area contributed by atoms with Crippen molar-refractivity contribution in [3.63, 3.8) is 0 Å². The maximum atomic E-state index is 13.0. The topological polar surface area (TPSA) is 65.1 Å². The molecule has 3 aromatic rings. The van der Waals surface area contributed by atoms with Gasteiger partial charge in [-0.2, -0.15) is 4.98 Å². The molecule has 27 heavy (non-hydrogen) atoms. The van der Waals surface area contributed by atoms with E-state index in [1.807, 2.05) is 11.5 Å². The van der Waals surface area contributed by atoms with Crippen molar-refractivity contribution in [2.75, 3.05) is 11.4 Å². The van der Waals surface area contributed by atoms with Gasteiger partial charge < -0.3 is 9.47 Å². The van der Waals surface area contributed by atoms with Crippen molar-refractivity contribution >= 4 is 22.8 Å². The third kappa shape index (κ3) is 2.52. The predicted molar refractivity (Wildman–Crippen MR) is 107 cm³/mol. The maximum Gasteiger partial charge on any atom is 0.332 e. The lowest BCUT2D eigenvalue weighted by molar-refractivity contribution is 0.457. The van der Waals surface area contributed by atoms with Gasteiger partial charge in [-0.05, 0) is 49.9 Å². The molecule has 1 atom stereocenters. The highest BCUT2D eigenvalue weighted by Gasteiger charge is 2.29. The molecular formula is C20H25N5O2. The highest BCUT2D eigenvalue weighted by molar-refractivity contribution is 5.77. The Kier molecular flexibility index (Phi) is 3.98. The fourth-order valence-corrected chi connectivity index (χ4v) is 3.90. The van der Waals surface area contributed by atoms with Crippen LogP contribution in [0.5, 0.6) is 0 Å². The Morgan fingerprint density at radius 1 is 1.15 bits per heavy atom. The van der Waals surface area contributed by atoms with E-state index in [0.29, 0.717) is 30.2 Å². The van der Waals surface area contributed by atoms with Crippen LogP contribution in [-0.4, -0.2) is 25.2 Å². The minimum Gasteiger partial charge on any atom is -0.312 e. The molecule has 0 saturated heterocycles. The van der Waals surface area contributed by atoms with Crippen LogP contribution in [0.25, 0.3) is 11.2 Å². The molecule has 7 nitrogen and oxygen atoms in total. The Morgan fingerprint density at radius 2 is 1.89 bits per heavy atom. The van der Waals surface area contributed by atoms with E-state index in [9.17, 15) is 9.59 Å². The van der Waals surface area contributed by atoms with Crippen LogP contribution in [0, 0.1) is 19.8 Å². The lowest BCUT2D eigenvalue weighted by Gasteiger charge is -2.33. The fraction of sp³-hybridized carbons (Fsp3) is 0.450. The molecule has 0 radical (unpaired) electrons. The average molecular weight is 367 g/mol. The molecule has 0 spiro atoms. The normalized spacial score (nSPS) is 16.8. The highest BCUT2D eigenvalue weighted by atomic mass is 16.2. The summed E-state index contributed by atoms with van der Waals surface area (Å²) in [6.07, 6.45) is 0. The number of hydrogen-bond acceptors (Lipinski definition) is 4. The second-order valence-electron chi connectivity index (χ2n) is 7.57. The summed E-state index contributed by atoms with van der Waals surface area (Å²) in [7, 11) is 1.68. The van der Waals surface area contributed by atoms with Gasteiger partial charge in [0.1, 0.15) is 0 Å². The zero-order chi connectivity index (χ0) is 19.5. The molecule has 142 valence electrons. The fourth-order valence-electron chi connectivity index (χ4n) is 3.90. The number of aryl methyl sites for hydroxylation is 3. The number of anilines is 2. The molecule has 0 saturated carbocycles. The quantitative estimate of drug-likeness (QED) is 0.697. The lowest BCUT2D eigenvalue weighted by atomic mass is 10.1. The third-order valence-corrected chi connectivity index (χ3v) is 5.56. The third-order valence-electron chi connectivity index (χ3n) is 5.56. The van der Waals surface area contributed by atoms with Crippen molar-refractivity contribution in [2.45, 2.75) is 40.8 Å². The van der Waals surface area contributed by atoms with Crippen LogP contribution in [0.1, 0.15) is 25.0 Å². The number of nitrogens with zero attached hydrogens (tertiary/aromatic N) is 5. The zero-order valence-electron chi connectivity index (χ0n) is 16.5. The number of imidazole rings is 1. The van der Waals surface area contributed by atoms with Crippen LogP contribution in [0.15, 0.2) is 27.8 Å². The standard InChI is InChI=1S/C20H25N5O2/c1-6-23-18(26)16-17(22(5)20(23)27)21-19-24(10-12(2)11-25(16)19)15-8-7-13(3)14(4)9-15/h7-9,12H,6,10-11H2,1-5H3/t12-/m1/s1. The van der Waals surface area contributed by atoms with E-state index >= 15 is 0 Å². The molecule has 0 fully saturated rings. The lowest BCUT2D eigenvalue weighted by Crippen LogP contribution is -2.40. The Balaban J connectivity index is 2.03. The Labute approximate surface area is 157 Å². The van der Waals surface area contributed by atoms with E-state index in [1.54, 1.807) is 7.05 Å². The molecule has 1 aliphatic heterocycles. The molecule has 3 heterocycles. The van der Waals surface area contributed by atoms with Gasteiger partial charge in [-0.3, -0.25) is 13.9 Å². The van der Waals surface area contributed by atoms with Gasteiger partial charge in [0.25, 0.3) is 5.56 Å². The molecule has 0 aliphatic carbocycles. The molecule has 0 amide bonds. The first kappa shape index (κ1) is 17.6. The van der Waals surface area contributed by atoms with Crippen LogP contribution in [-0.2, 0) is 20.1 Å². The van der Waals surface area contributed by atoms with Crippen molar-refractivity contribution in [3.05, 3.63) is 50.2 Å². The molecule has 1 aliphatic rings. The van der Waals surface area contributed by atoms with Crippen LogP contribution >= 0.6 is 0 Å². The van der Waals surface area contributed by atoms with Gasteiger partial charge in [0.15, 0.2) is 11.2 Å². The molecule has 0 bridgehead atoms. The Hall–Kier alpha value is -2.83. The molecular weight excluding hydrogens is 342 g/mol. The van der Waals surface area contributed by atoms with Crippen molar-refractivity contribution < 1.29 is 0 Å². The van der Waals surface area contributed by atoms with Crippen molar-refractivity contribution in [3.8, 4) is 0 Å². The van der Waals surface area contributed by atoms with Gasteiger partial charge in [0.2, 0.25) is 5.95 Å². The molecule has 0 N–H and O–H groups in total. The van der Waals surface area contributed by atoms with E-state index < -0.39 is 0 Å². The maximum absolute atomic E-state index is 13.0. The van der Waals surface area contributed by atoms with E-state index in [1.165, 1.54) is 20.3 Å². The molecule has 1 aromatic carbocycles. The summed E-state index contributed by atoms with van der Waals surface area (Å²) in [5.74, 6) is 1.08. The summed E-state index contributed by atoms with van der Waals surface area (Å²) >= 11 is 0. The summed E-state index contributed by atoms with van der Waals surface area (Å²) in [6, 6.07) is 6.35. The largest absolute Gasteiger partial charge is 0.332 e. The van der Waals surface area contributed by atoms with Crippen molar-refractivity contribution in [2.24, 2.45) is 13.0 Å². The minimum atomic E-state index is -0.323. The summed E-state index contributed by atoms with van der Waals surface area (Å²) in [5, 5.41) is 0. The van der Waals surface area contributed by atoms with Crippen LogP contribution in [0.3, 0.4) is 0 Å². The number of aromatic nitrogens is 4. The monoisotopic (exact) mass is 367 g/mol. The van der Waals surface area contributed by atoms with E-state index in [2.05, 4.69) is 43.9 Å². The Bertz CT molecular complexity index is 1170. The van der Waals surface area contributed by atoms with E-state index in [4.69, 9.17) is 4.98 Å².